The Kier molecular flexibility index (Phi) is 6.53. The van der Waals surface area contributed by atoms with Crippen LogP contribution in [-0.2, 0) is 4.79 Å². The van der Waals surface area contributed by atoms with E-state index < -0.39 is 5.97 Å². The largest absolute Gasteiger partial charge is 0.481 e. The van der Waals surface area contributed by atoms with Crippen LogP contribution in [0.4, 0.5) is 0 Å². The van der Waals surface area contributed by atoms with Crippen molar-refractivity contribution in [1.29, 1.82) is 0 Å². The van der Waals surface area contributed by atoms with Gasteiger partial charge in [-0.15, -0.1) is 0 Å². The Morgan fingerprint density at radius 1 is 1.07 bits per heavy atom. The first-order valence-corrected chi connectivity index (χ1v) is 10.3. The molecule has 0 saturated heterocycles. The molecule has 2 aliphatic carbocycles. The number of carboxylic acid groups (broad SMARTS) is 1. The molecule has 3 rings (SSSR count). The summed E-state index contributed by atoms with van der Waals surface area (Å²) in [6.45, 7) is 0.138. The standard InChI is InChI=1S/C22H32N2O3/c23-20(17-8-13-22(14-9-17)11-2-1-3-12-22)16-4-6-18(7-5-16)21(27)24-15-10-19(25)26/h4-7,17,20H,1-3,8-15,23H2,(H,24,27)(H,25,26). The molecule has 0 bridgehead atoms. The minimum absolute atomic E-state index is 0.0232. The van der Waals surface area contributed by atoms with Gasteiger partial charge >= 0.3 is 5.97 Å². The molecule has 0 aliphatic heterocycles. The van der Waals surface area contributed by atoms with E-state index in [0.717, 1.165) is 5.56 Å². The molecule has 27 heavy (non-hydrogen) atoms. The molecule has 2 aliphatic rings. The molecule has 5 heteroatoms. The Bertz CT molecular complexity index is 640. The third-order valence-electron chi connectivity index (χ3n) is 6.70. The molecule has 2 fully saturated rings. The van der Waals surface area contributed by atoms with Crippen molar-refractivity contribution in [2.45, 2.75) is 70.3 Å². The molecule has 148 valence electrons. The van der Waals surface area contributed by atoms with Crippen molar-refractivity contribution in [2.24, 2.45) is 17.1 Å². The monoisotopic (exact) mass is 372 g/mol. The second-order valence-corrected chi connectivity index (χ2v) is 8.45. The quantitative estimate of drug-likeness (QED) is 0.703. The van der Waals surface area contributed by atoms with Crippen molar-refractivity contribution < 1.29 is 14.7 Å². The van der Waals surface area contributed by atoms with Gasteiger partial charge in [0.25, 0.3) is 5.91 Å². The van der Waals surface area contributed by atoms with Crippen molar-refractivity contribution in [3.63, 3.8) is 0 Å². The third-order valence-corrected chi connectivity index (χ3v) is 6.70. The molecule has 1 unspecified atom stereocenters. The number of carbonyl (C=O) groups is 2. The molecule has 2 saturated carbocycles. The fourth-order valence-corrected chi connectivity index (χ4v) is 4.93. The van der Waals surface area contributed by atoms with Crippen LogP contribution in [0.2, 0.25) is 0 Å². The SMILES string of the molecule is NC(c1ccc(C(=O)NCCC(=O)O)cc1)C1CCC2(CCCCC2)CC1. The van der Waals surface area contributed by atoms with Crippen LogP contribution in [0.15, 0.2) is 24.3 Å². The minimum atomic E-state index is -0.917. The van der Waals surface area contributed by atoms with Gasteiger partial charge in [-0.3, -0.25) is 9.59 Å². The van der Waals surface area contributed by atoms with Gasteiger partial charge in [0.05, 0.1) is 6.42 Å². The van der Waals surface area contributed by atoms with Gasteiger partial charge in [0.15, 0.2) is 0 Å². The van der Waals surface area contributed by atoms with Gasteiger partial charge in [-0.05, 0) is 67.6 Å². The van der Waals surface area contributed by atoms with Crippen molar-refractivity contribution in [2.75, 3.05) is 6.54 Å². The van der Waals surface area contributed by atoms with E-state index in [2.05, 4.69) is 5.32 Å². The van der Waals surface area contributed by atoms with Crippen molar-refractivity contribution in [3.8, 4) is 0 Å². The normalized spacial score (nSPS) is 20.9. The topological polar surface area (TPSA) is 92.4 Å². The number of nitrogens with one attached hydrogen (secondary N) is 1. The average Bonchev–Trinajstić information content (AvgIpc) is 2.68. The van der Waals surface area contributed by atoms with E-state index in [4.69, 9.17) is 10.8 Å². The molecular formula is C22H32N2O3. The number of carboxylic acids is 1. The number of carbonyl (C=O) groups excluding carboxylic acids is 1. The van der Waals surface area contributed by atoms with Crippen molar-refractivity contribution in [1.82, 2.24) is 5.32 Å². The van der Waals surface area contributed by atoms with E-state index in [1.54, 1.807) is 12.1 Å². The van der Waals surface area contributed by atoms with E-state index >= 15 is 0 Å². The Labute approximate surface area is 161 Å². The number of benzene rings is 1. The summed E-state index contributed by atoms with van der Waals surface area (Å²) >= 11 is 0. The first kappa shape index (κ1) is 19.9. The maximum absolute atomic E-state index is 12.0. The molecule has 1 amide bonds. The number of hydrogen-bond donors (Lipinski definition) is 3. The van der Waals surface area contributed by atoms with Gasteiger partial charge in [-0.1, -0.05) is 31.4 Å². The molecule has 5 nitrogen and oxygen atoms in total. The molecule has 0 radical (unpaired) electrons. The molecule has 1 aromatic carbocycles. The van der Waals surface area contributed by atoms with E-state index in [9.17, 15) is 9.59 Å². The van der Waals surface area contributed by atoms with Crippen LogP contribution in [0.1, 0.15) is 86.2 Å². The lowest BCUT2D eigenvalue weighted by Gasteiger charge is -2.44. The van der Waals surface area contributed by atoms with Gasteiger partial charge < -0.3 is 16.2 Å². The maximum atomic E-state index is 12.0. The van der Waals surface area contributed by atoms with Crippen LogP contribution in [0.25, 0.3) is 0 Å². The predicted molar refractivity (Wildman–Crippen MR) is 105 cm³/mol. The first-order chi connectivity index (χ1) is 13.0. The molecule has 0 aromatic heterocycles. The second kappa shape index (κ2) is 8.87. The lowest BCUT2D eigenvalue weighted by molar-refractivity contribution is -0.136. The molecule has 4 N–H and O–H groups in total. The Morgan fingerprint density at radius 3 is 2.30 bits per heavy atom. The zero-order valence-electron chi connectivity index (χ0n) is 16.1. The fourth-order valence-electron chi connectivity index (χ4n) is 4.93. The van der Waals surface area contributed by atoms with E-state index in [1.165, 1.54) is 57.8 Å². The number of hydrogen-bond acceptors (Lipinski definition) is 3. The molecule has 1 aromatic rings. The second-order valence-electron chi connectivity index (χ2n) is 8.45. The van der Waals surface area contributed by atoms with Crippen LogP contribution in [0, 0.1) is 11.3 Å². The highest BCUT2D eigenvalue weighted by Gasteiger charge is 2.37. The maximum Gasteiger partial charge on any atom is 0.305 e. The summed E-state index contributed by atoms with van der Waals surface area (Å²) < 4.78 is 0. The molecular weight excluding hydrogens is 340 g/mol. The van der Waals surface area contributed by atoms with E-state index in [1.807, 2.05) is 12.1 Å². The van der Waals surface area contributed by atoms with Gasteiger partial charge in [-0.2, -0.15) is 0 Å². The van der Waals surface area contributed by atoms with Gasteiger partial charge in [-0.25, -0.2) is 0 Å². The molecule has 1 atom stereocenters. The molecule has 0 heterocycles. The summed E-state index contributed by atoms with van der Waals surface area (Å²) in [7, 11) is 0. The van der Waals surface area contributed by atoms with Gasteiger partial charge in [0, 0.05) is 18.2 Å². The first-order valence-electron chi connectivity index (χ1n) is 10.3. The number of nitrogens with two attached hydrogens (primary N) is 1. The summed E-state index contributed by atoms with van der Waals surface area (Å²) in [5.41, 5.74) is 8.79. The number of rotatable bonds is 6. The highest BCUT2D eigenvalue weighted by atomic mass is 16.4. The fraction of sp³-hybridized carbons (Fsp3) is 0.636. The highest BCUT2D eigenvalue weighted by molar-refractivity contribution is 5.94. The lowest BCUT2D eigenvalue weighted by atomic mass is 9.62. The zero-order chi connectivity index (χ0) is 19.3. The number of amides is 1. The summed E-state index contributed by atoms with van der Waals surface area (Å²) in [5, 5.41) is 11.3. The average molecular weight is 373 g/mol. The number of aliphatic carboxylic acids is 1. The Hall–Kier alpha value is -1.88. The van der Waals surface area contributed by atoms with Gasteiger partial charge in [0.2, 0.25) is 0 Å². The summed E-state index contributed by atoms with van der Waals surface area (Å²) in [5.74, 6) is -0.639. The van der Waals surface area contributed by atoms with Crippen molar-refractivity contribution in [3.05, 3.63) is 35.4 Å². The smallest absolute Gasteiger partial charge is 0.305 e. The third kappa shape index (κ3) is 5.10. The Balaban J connectivity index is 1.52. The van der Waals surface area contributed by atoms with Crippen LogP contribution in [0.3, 0.4) is 0 Å². The van der Waals surface area contributed by atoms with Gasteiger partial charge in [0.1, 0.15) is 0 Å². The summed E-state index contributed by atoms with van der Waals surface area (Å²) in [4.78, 5) is 22.6. The van der Waals surface area contributed by atoms with Crippen LogP contribution in [-0.4, -0.2) is 23.5 Å². The zero-order valence-corrected chi connectivity index (χ0v) is 16.1. The van der Waals surface area contributed by atoms with Crippen molar-refractivity contribution >= 4 is 11.9 Å². The summed E-state index contributed by atoms with van der Waals surface area (Å²) in [6.07, 6.45) is 12.0. The van der Waals surface area contributed by atoms with E-state index in [0.29, 0.717) is 16.9 Å². The van der Waals surface area contributed by atoms with Crippen LogP contribution in [0.5, 0.6) is 0 Å². The minimum Gasteiger partial charge on any atom is -0.481 e. The summed E-state index contributed by atoms with van der Waals surface area (Å²) in [6, 6.07) is 7.49. The highest BCUT2D eigenvalue weighted by Crippen LogP contribution is 2.50. The van der Waals surface area contributed by atoms with Crippen LogP contribution < -0.4 is 11.1 Å². The molecule has 1 spiro atoms. The predicted octanol–water partition coefficient (Wildman–Crippen LogP) is 4.03. The van der Waals surface area contributed by atoms with E-state index in [-0.39, 0.29) is 24.9 Å². The Morgan fingerprint density at radius 2 is 1.70 bits per heavy atom. The van der Waals surface area contributed by atoms with Crippen LogP contribution >= 0.6 is 0 Å². The lowest BCUT2D eigenvalue weighted by Crippen LogP contribution is -2.33.